The van der Waals surface area contributed by atoms with Gasteiger partial charge in [-0.25, -0.2) is 4.79 Å². The van der Waals surface area contributed by atoms with Gasteiger partial charge in [0.25, 0.3) is 5.91 Å². The van der Waals surface area contributed by atoms with Crippen molar-refractivity contribution in [1.82, 2.24) is 0 Å². The average Bonchev–Trinajstić information content (AvgIpc) is 3.49. The predicted molar refractivity (Wildman–Crippen MR) is 139 cm³/mol. The first-order chi connectivity index (χ1) is 17.6. The van der Waals surface area contributed by atoms with Gasteiger partial charge in [0, 0.05) is 29.3 Å². The van der Waals surface area contributed by atoms with E-state index in [0.29, 0.717) is 30.2 Å². The lowest BCUT2D eigenvalue weighted by molar-refractivity contribution is -0.146. The fraction of sp³-hybridized carbons (Fsp3) is 0.481. The summed E-state index contributed by atoms with van der Waals surface area (Å²) in [5.74, 6) is -0.0777. The lowest BCUT2D eigenvalue weighted by atomic mass is 9.82. The van der Waals surface area contributed by atoms with Crippen LogP contribution in [0.5, 0.6) is 5.75 Å². The molecule has 3 aliphatic heterocycles. The van der Waals surface area contributed by atoms with Gasteiger partial charge in [0.05, 0.1) is 32.0 Å². The van der Waals surface area contributed by atoms with Crippen LogP contribution in [-0.2, 0) is 26.4 Å². The Kier molecular flexibility index (Phi) is 6.53. The number of amides is 2. The molecule has 1 spiro atoms. The van der Waals surface area contributed by atoms with E-state index in [1.54, 1.807) is 36.1 Å². The molecule has 3 heterocycles. The van der Waals surface area contributed by atoms with Gasteiger partial charge < -0.3 is 28.3 Å². The number of benzene rings is 2. The third-order valence-corrected chi connectivity index (χ3v) is 10.4. The summed E-state index contributed by atoms with van der Waals surface area (Å²) in [4.78, 5) is 29.4. The molecule has 8 nitrogen and oxygen atoms in total. The van der Waals surface area contributed by atoms with E-state index in [-0.39, 0.29) is 31.6 Å². The quantitative estimate of drug-likeness (QED) is 0.425. The number of hydrogen-bond donors (Lipinski definition) is 1. The van der Waals surface area contributed by atoms with Crippen LogP contribution in [0.4, 0.5) is 20.3 Å². The van der Waals surface area contributed by atoms with E-state index in [0.717, 1.165) is 11.3 Å². The number of hydrogen-bond acceptors (Lipinski definition) is 6. The Morgan fingerprint density at radius 1 is 1.19 bits per heavy atom. The normalized spacial score (nSPS) is 27.2. The number of aliphatic hydroxyl groups is 1. The molecular weight excluding hydrogens is 495 g/mol. The fourth-order valence-corrected chi connectivity index (χ4v) is 8.84. The van der Waals surface area contributed by atoms with Crippen molar-refractivity contribution in [2.45, 2.75) is 50.2 Å². The van der Waals surface area contributed by atoms with E-state index in [2.05, 4.69) is 0 Å². The van der Waals surface area contributed by atoms with Crippen LogP contribution in [0.3, 0.4) is 0 Å². The summed E-state index contributed by atoms with van der Waals surface area (Å²) in [6.45, 7) is 6.18. The maximum absolute atomic E-state index is 15.6. The van der Waals surface area contributed by atoms with Crippen molar-refractivity contribution in [3.05, 3.63) is 53.6 Å². The minimum absolute atomic E-state index is 0.145. The van der Waals surface area contributed by atoms with E-state index in [4.69, 9.17) is 14.2 Å². The topological polar surface area (TPSA) is 88.5 Å². The molecule has 0 radical (unpaired) electrons. The van der Waals surface area contributed by atoms with Crippen LogP contribution in [-0.4, -0.2) is 58.5 Å². The number of methoxy groups -OCH3 is 1. The number of aliphatic hydroxyl groups excluding tert-OH is 1. The Morgan fingerprint density at radius 2 is 1.92 bits per heavy atom. The molecule has 10 heteroatoms. The lowest BCUT2D eigenvalue weighted by Crippen LogP contribution is -2.45. The Labute approximate surface area is 217 Å². The molecule has 198 valence electrons. The van der Waals surface area contributed by atoms with Crippen molar-refractivity contribution in [3.63, 3.8) is 0 Å². The highest BCUT2D eigenvalue weighted by atomic mass is 28.4. The monoisotopic (exact) mass is 528 g/mol. The first-order valence-corrected chi connectivity index (χ1v) is 15.6. The van der Waals surface area contributed by atoms with Crippen molar-refractivity contribution in [1.29, 1.82) is 0 Å². The van der Waals surface area contributed by atoms with Gasteiger partial charge >= 0.3 is 6.09 Å². The Balaban J connectivity index is 1.52. The minimum Gasteiger partial charge on any atom is -0.497 e. The third kappa shape index (κ3) is 4.11. The smallest absolute Gasteiger partial charge is 0.414 e. The molecule has 2 amide bonds. The molecule has 2 fully saturated rings. The molecule has 37 heavy (non-hydrogen) atoms. The summed E-state index contributed by atoms with van der Waals surface area (Å²) in [6, 6.07) is 12.9. The van der Waals surface area contributed by atoms with Crippen LogP contribution in [0, 0.1) is 5.92 Å². The largest absolute Gasteiger partial charge is 0.497 e. The molecule has 2 aromatic rings. The number of cyclic esters (lactones) is 1. The van der Waals surface area contributed by atoms with E-state index < -0.39 is 31.6 Å². The Bertz CT molecular complexity index is 1200. The maximum Gasteiger partial charge on any atom is 0.414 e. The standard InChI is InChI=1S/C27H33FN2O6Si/c1-17-24(37(3,4)28)23(11-13-31)36-27(17)21-15-20(34-2)9-10-22(21)30(25(27)32)16-18-5-7-19(8-6-18)29-12-14-35-26(29)33/h5-10,15,17,23-24,31H,11-14,16H2,1-4H3/t17-,23+,24-,27+/m1/s1. The Morgan fingerprint density at radius 3 is 2.51 bits per heavy atom. The van der Waals surface area contributed by atoms with Gasteiger partial charge in [0.15, 0.2) is 5.60 Å². The molecule has 0 aromatic heterocycles. The van der Waals surface area contributed by atoms with Crippen LogP contribution < -0.4 is 14.5 Å². The summed E-state index contributed by atoms with van der Waals surface area (Å²) in [5, 5.41) is 9.70. The molecule has 0 bridgehead atoms. The third-order valence-electron chi connectivity index (χ3n) is 7.93. The maximum atomic E-state index is 15.6. The summed E-state index contributed by atoms with van der Waals surface area (Å²) < 4.78 is 32.7. The van der Waals surface area contributed by atoms with Gasteiger partial charge in [-0.2, -0.15) is 0 Å². The SMILES string of the molecule is COc1ccc2c(c1)[C@]1(O[C@@H](CCO)[C@H]([Si](C)(C)F)[C@H]1C)C(=O)N2Cc1ccc(N2CCOC2=O)cc1. The molecular formula is C27H33FN2O6Si. The van der Waals surface area contributed by atoms with E-state index >= 15 is 4.11 Å². The molecule has 4 atom stereocenters. The van der Waals surface area contributed by atoms with Gasteiger partial charge in [-0.05, 0) is 55.4 Å². The van der Waals surface area contributed by atoms with Crippen LogP contribution in [0.25, 0.3) is 0 Å². The summed E-state index contributed by atoms with van der Waals surface area (Å²) in [7, 11) is -1.69. The van der Waals surface area contributed by atoms with Crippen LogP contribution >= 0.6 is 0 Å². The first kappa shape index (κ1) is 25.7. The van der Waals surface area contributed by atoms with Crippen LogP contribution in [0.15, 0.2) is 42.5 Å². The minimum atomic E-state index is -3.26. The van der Waals surface area contributed by atoms with Crippen molar-refractivity contribution in [2.24, 2.45) is 5.92 Å². The second kappa shape index (κ2) is 9.41. The number of carbonyl (C=O) groups excluding carboxylic acids is 2. The lowest BCUT2D eigenvalue weighted by Gasteiger charge is -2.31. The molecule has 2 aromatic carbocycles. The number of nitrogens with zero attached hydrogens (tertiary/aromatic N) is 2. The highest BCUT2D eigenvalue weighted by Crippen LogP contribution is 2.60. The zero-order valence-electron chi connectivity index (χ0n) is 21.6. The molecule has 2 saturated heterocycles. The number of carbonyl (C=O) groups is 2. The summed E-state index contributed by atoms with van der Waals surface area (Å²) in [6.07, 6.45) is -0.663. The molecule has 1 N–H and O–H groups in total. The fourth-order valence-electron chi connectivity index (χ4n) is 6.30. The highest BCUT2D eigenvalue weighted by molar-refractivity contribution is 6.72. The highest BCUT2D eigenvalue weighted by Gasteiger charge is 2.66. The summed E-state index contributed by atoms with van der Waals surface area (Å²) >= 11 is 0. The zero-order valence-corrected chi connectivity index (χ0v) is 22.6. The molecule has 3 aliphatic rings. The predicted octanol–water partition coefficient (Wildman–Crippen LogP) is 4.36. The van der Waals surface area contributed by atoms with E-state index in [1.165, 1.54) is 0 Å². The molecule has 0 saturated carbocycles. The molecule has 0 unspecified atom stereocenters. The van der Waals surface area contributed by atoms with Gasteiger partial charge in [0.1, 0.15) is 12.4 Å². The van der Waals surface area contributed by atoms with E-state index in [9.17, 15) is 14.7 Å². The number of halogens is 1. The second-order valence-corrected chi connectivity index (χ2v) is 14.3. The van der Waals surface area contributed by atoms with Gasteiger partial charge in [-0.3, -0.25) is 9.69 Å². The number of anilines is 2. The molecule has 5 rings (SSSR count). The van der Waals surface area contributed by atoms with Gasteiger partial charge in [-0.1, -0.05) is 19.1 Å². The van der Waals surface area contributed by atoms with Crippen molar-refractivity contribution in [2.75, 3.05) is 36.7 Å². The van der Waals surface area contributed by atoms with Crippen molar-refractivity contribution >= 4 is 31.8 Å². The molecule has 0 aliphatic carbocycles. The zero-order chi connectivity index (χ0) is 26.5. The number of fused-ring (bicyclic) bond motifs is 2. The van der Waals surface area contributed by atoms with Crippen molar-refractivity contribution in [3.8, 4) is 5.75 Å². The number of ether oxygens (including phenoxy) is 3. The number of rotatable bonds is 7. The van der Waals surface area contributed by atoms with Crippen LogP contribution in [0.2, 0.25) is 18.6 Å². The van der Waals surface area contributed by atoms with Crippen LogP contribution in [0.1, 0.15) is 24.5 Å². The first-order valence-electron chi connectivity index (χ1n) is 12.6. The van der Waals surface area contributed by atoms with Gasteiger partial charge in [0.2, 0.25) is 8.41 Å². The second-order valence-electron chi connectivity index (χ2n) is 10.5. The van der Waals surface area contributed by atoms with E-state index in [1.807, 2.05) is 43.3 Å². The van der Waals surface area contributed by atoms with Gasteiger partial charge in [-0.15, -0.1) is 0 Å². The Hall–Kier alpha value is -2.95. The van der Waals surface area contributed by atoms with Crippen molar-refractivity contribution < 1.29 is 33.0 Å². The summed E-state index contributed by atoms with van der Waals surface area (Å²) in [5.41, 5.74) is 1.17. The average molecular weight is 529 g/mol.